The third-order valence-corrected chi connectivity index (χ3v) is 8.46. The van der Waals surface area contributed by atoms with Gasteiger partial charge in [-0.05, 0) is 55.4 Å². The van der Waals surface area contributed by atoms with Gasteiger partial charge >= 0.3 is 0 Å². The van der Waals surface area contributed by atoms with Crippen LogP contribution in [0.25, 0.3) is 10.2 Å². The summed E-state index contributed by atoms with van der Waals surface area (Å²) in [7, 11) is 0. The van der Waals surface area contributed by atoms with E-state index in [2.05, 4.69) is 20.8 Å². The molecule has 2 atom stereocenters. The number of nitrogens with zero attached hydrogens (tertiary/aromatic N) is 1. The highest BCUT2D eigenvalue weighted by Crippen LogP contribution is 2.69. The lowest BCUT2D eigenvalue weighted by Crippen LogP contribution is -2.31. The van der Waals surface area contributed by atoms with Gasteiger partial charge < -0.3 is 5.73 Å². The van der Waals surface area contributed by atoms with E-state index in [1.165, 1.54) is 65.6 Å². The zero-order valence-electron chi connectivity index (χ0n) is 13.8. The van der Waals surface area contributed by atoms with Gasteiger partial charge in [-0.25, -0.2) is 4.98 Å². The summed E-state index contributed by atoms with van der Waals surface area (Å²) in [5.41, 5.74) is 12.6. The van der Waals surface area contributed by atoms with Gasteiger partial charge in [0.25, 0.3) is 0 Å². The molecule has 2 bridgehead atoms. The molecule has 0 amide bonds. The number of aromatic nitrogens is 1. The second-order valence-corrected chi connectivity index (χ2v) is 9.41. The number of aryl methyl sites for hydroxylation is 2. The number of anilines is 1. The van der Waals surface area contributed by atoms with Crippen molar-refractivity contribution in [2.24, 2.45) is 5.41 Å². The van der Waals surface area contributed by atoms with E-state index in [4.69, 9.17) is 10.7 Å². The lowest BCUT2D eigenvalue weighted by molar-refractivity contribution is 0.227. The second-order valence-electron chi connectivity index (χ2n) is 8.32. The van der Waals surface area contributed by atoms with Gasteiger partial charge in [-0.1, -0.05) is 20.8 Å². The minimum Gasteiger partial charge on any atom is -0.398 e. The fourth-order valence-electron chi connectivity index (χ4n) is 5.53. The molecule has 22 heavy (non-hydrogen) atoms. The lowest BCUT2D eigenvalue weighted by atomic mass is 9.70. The second kappa shape index (κ2) is 3.87. The van der Waals surface area contributed by atoms with Crippen LogP contribution in [0.5, 0.6) is 0 Å². The molecule has 5 rings (SSSR count). The zero-order valence-corrected chi connectivity index (χ0v) is 14.6. The van der Waals surface area contributed by atoms with E-state index in [0.29, 0.717) is 11.3 Å². The van der Waals surface area contributed by atoms with Crippen LogP contribution in [0, 0.1) is 5.41 Å². The van der Waals surface area contributed by atoms with Crippen LogP contribution in [-0.4, -0.2) is 4.98 Å². The van der Waals surface area contributed by atoms with Gasteiger partial charge in [0.05, 0.1) is 5.69 Å². The average molecular weight is 312 g/mol. The molecule has 2 heterocycles. The molecule has 2 N–H and O–H groups in total. The molecular weight excluding hydrogens is 288 g/mol. The van der Waals surface area contributed by atoms with Crippen molar-refractivity contribution in [1.29, 1.82) is 0 Å². The predicted octanol–water partition coefficient (Wildman–Crippen LogP) is 4.93. The summed E-state index contributed by atoms with van der Waals surface area (Å²) in [6.07, 6.45) is 7.60. The first-order valence-corrected chi connectivity index (χ1v) is 9.51. The summed E-state index contributed by atoms with van der Waals surface area (Å²) in [5, 5.41) is 1.32. The van der Waals surface area contributed by atoms with Crippen molar-refractivity contribution in [1.82, 2.24) is 4.98 Å². The molecule has 3 aliphatic rings. The Labute approximate surface area is 136 Å². The molecular formula is C19H24N2S. The molecule has 2 aromatic rings. The van der Waals surface area contributed by atoms with Crippen LogP contribution in [0.2, 0.25) is 0 Å². The number of nitrogen functional groups attached to an aromatic ring is 1. The van der Waals surface area contributed by atoms with Crippen LogP contribution in [0.15, 0.2) is 0 Å². The van der Waals surface area contributed by atoms with Crippen LogP contribution in [0.1, 0.15) is 74.1 Å². The van der Waals surface area contributed by atoms with Crippen molar-refractivity contribution in [3.05, 3.63) is 21.7 Å². The number of rotatable bonds is 0. The van der Waals surface area contributed by atoms with E-state index < -0.39 is 0 Å². The summed E-state index contributed by atoms with van der Waals surface area (Å²) < 4.78 is 0. The van der Waals surface area contributed by atoms with E-state index >= 15 is 0 Å². The average Bonchev–Trinajstić information content (AvgIpc) is 3.02. The van der Waals surface area contributed by atoms with Crippen LogP contribution in [0.3, 0.4) is 0 Å². The number of fused-ring (bicyclic) bond motifs is 8. The van der Waals surface area contributed by atoms with Gasteiger partial charge in [-0.2, -0.15) is 0 Å². The van der Waals surface area contributed by atoms with Crippen molar-refractivity contribution in [2.45, 2.75) is 70.6 Å². The molecule has 3 aliphatic carbocycles. The minimum absolute atomic E-state index is 0.208. The Morgan fingerprint density at radius 3 is 2.77 bits per heavy atom. The standard InChI is InChI=1S/C19H24N2S/c1-18(2)11-8-9-19(18,3)16-14(11)15(20)13-10-6-4-5-7-12(10)22-17(13)21-16/h11H,4-9H2,1-3H3,(H2,20,21)/t11-,19+/m0/s1. The SMILES string of the molecule is CC1(C)[C@H]2CC[C@]1(C)c1nc3sc4c(c3c(N)c12)CCCC4. The zero-order chi connectivity index (χ0) is 15.3. The Bertz CT molecular complexity index is 817. The fraction of sp³-hybridized carbons (Fsp3) is 0.632. The molecule has 2 aromatic heterocycles. The van der Waals surface area contributed by atoms with Gasteiger partial charge in [0.1, 0.15) is 4.83 Å². The highest BCUT2D eigenvalue weighted by Gasteiger charge is 2.61. The summed E-state index contributed by atoms with van der Waals surface area (Å²) in [6.45, 7) is 7.27. The van der Waals surface area contributed by atoms with Crippen LogP contribution < -0.4 is 5.73 Å². The van der Waals surface area contributed by atoms with Gasteiger partial charge in [0.2, 0.25) is 0 Å². The Hall–Kier alpha value is -1.09. The molecule has 116 valence electrons. The van der Waals surface area contributed by atoms with Crippen molar-refractivity contribution in [3.8, 4) is 0 Å². The molecule has 1 saturated carbocycles. The van der Waals surface area contributed by atoms with Crippen molar-refractivity contribution in [2.75, 3.05) is 5.73 Å². The largest absolute Gasteiger partial charge is 0.398 e. The first kappa shape index (κ1) is 13.4. The highest BCUT2D eigenvalue weighted by molar-refractivity contribution is 7.19. The predicted molar refractivity (Wildman–Crippen MR) is 93.8 cm³/mol. The molecule has 0 unspecified atom stereocenters. The number of hydrogen-bond acceptors (Lipinski definition) is 3. The molecule has 0 radical (unpaired) electrons. The Kier molecular flexibility index (Phi) is 2.35. The van der Waals surface area contributed by atoms with Gasteiger partial charge in [0.15, 0.2) is 0 Å². The first-order valence-electron chi connectivity index (χ1n) is 8.69. The molecule has 2 nitrogen and oxygen atoms in total. The topological polar surface area (TPSA) is 38.9 Å². The van der Waals surface area contributed by atoms with E-state index in [1.54, 1.807) is 4.88 Å². The molecule has 3 heteroatoms. The maximum Gasteiger partial charge on any atom is 0.126 e. The Morgan fingerprint density at radius 1 is 1.18 bits per heavy atom. The molecule has 0 aliphatic heterocycles. The van der Waals surface area contributed by atoms with Crippen LogP contribution in [0.4, 0.5) is 5.69 Å². The fourth-order valence-corrected chi connectivity index (χ4v) is 6.81. The minimum atomic E-state index is 0.208. The molecule has 0 spiro atoms. The summed E-state index contributed by atoms with van der Waals surface area (Å²) in [6, 6.07) is 0. The van der Waals surface area contributed by atoms with E-state index in [0.717, 1.165) is 5.69 Å². The lowest BCUT2D eigenvalue weighted by Gasteiger charge is -2.34. The monoisotopic (exact) mass is 312 g/mol. The summed E-state index contributed by atoms with van der Waals surface area (Å²) in [5.74, 6) is 0.601. The maximum atomic E-state index is 6.77. The summed E-state index contributed by atoms with van der Waals surface area (Å²) in [4.78, 5) is 7.98. The normalized spacial score (nSPS) is 31.5. The van der Waals surface area contributed by atoms with Gasteiger partial charge in [0, 0.05) is 26.9 Å². The number of nitrogens with two attached hydrogens (primary N) is 1. The van der Waals surface area contributed by atoms with Gasteiger partial charge in [-0.3, -0.25) is 0 Å². The summed E-state index contributed by atoms with van der Waals surface area (Å²) >= 11 is 1.91. The molecule has 1 fully saturated rings. The van der Waals surface area contributed by atoms with Crippen LogP contribution in [-0.2, 0) is 18.3 Å². The third kappa shape index (κ3) is 1.28. The first-order chi connectivity index (χ1) is 10.4. The van der Waals surface area contributed by atoms with E-state index in [-0.39, 0.29) is 5.41 Å². The number of pyridine rings is 1. The number of hydrogen-bond donors (Lipinski definition) is 1. The molecule has 0 saturated heterocycles. The number of thiophene rings is 1. The Balaban J connectivity index is 1.87. The quantitative estimate of drug-likeness (QED) is 0.749. The maximum absolute atomic E-state index is 6.77. The Morgan fingerprint density at radius 2 is 1.95 bits per heavy atom. The third-order valence-electron chi connectivity index (χ3n) is 7.28. The van der Waals surface area contributed by atoms with Crippen LogP contribution >= 0.6 is 11.3 Å². The van der Waals surface area contributed by atoms with Gasteiger partial charge in [-0.15, -0.1) is 11.3 Å². The van der Waals surface area contributed by atoms with E-state index in [1.807, 2.05) is 11.3 Å². The smallest absolute Gasteiger partial charge is 0.126 e. The highest BCUT2D eigenvalue weighted by atomic mass is 32.1. The van der Waals surface area contributed by atoms with Crippen molar-refractivity contribution in [3.63, 3.8) is 0 Å². The van der Waals surface area contributed by atoms with Crippen molar-refractivity contribution >= 4 is 27.2 Å². The molecule has 0 aromatic carbocycles. The van der Waals surface area contributed by atoms with E-state index in [9.17, 15) is 0 Å². The van der Waals surface area contributed by atoms with Crippen molar-refractivity contribution < 1.29 is 0 Å².